The maximum atomic E-state index is 12.0. The third-order valence-electron chi connectivity index (χ3n) is 3.62. The minimum absolute atomic E-state index is 0.0129. The van der Waals surface area contributed by atoms with E-state index in [-0.39, 0.29) is 17.9 Å². The number of hydrogen-bond donors (Lipinski definition) is 0. The number of rotatable bonds is 2. The molecule has 0 radical (unpaired) electrons. The molecule has 0 aromatic carbocycles. The summed E-state index contributed by atoms with van der Waals surface area (Å²) in [6.45, 7) is 5.52. The summed E-state index contributed by atoms with van der Waals surface area (Å²) >= 11 is 0. The Hall–Kier alpha value is -0.620. The lowest BCUT2D eigenvalue weighted by Crippen LogP contribution is -2.46. The molecule has 0 aromatic rings. The molecule has 0 spiro atoms. The standard InChI is InChI=1S/C11H20N2O3S/c1-8(2)11(14)13-6-9-4-10(13)7-12(5-9)17(3,15)16/h8-10H,4-7H2,1-3H3. The lowest BCUT2D eigenvalue weighted by atomic mass is 10.0. The number of carbonyl (C=O) groups excluding carboxylic acids is 1. The third-order valence-corrected chi connectivity index (χ3v) is 4.86. The molecule has 98 valence electrons. The van der Waals surface area contributed by atoms with Crippen molar-refractivity contribution in [2.24, 2.45) is 11.8 Å². The summed E-state index contributed by atoms with van der Waals surface area (Å²) in [5.74, 6) is 0.444. The van der Waals surface area contributed by atoms with Crippen LogP contribution in [0.2, 0.25) is 0 Å². The zero-order valence-corrected chi connectivity index (χ0v) is 11.4. The normalized spacial score (nSPS) is 30.0. The highest BCUT2D eigenvalue weighted by atomic mass is 32.2. The molecular weight excluding hydrogens is 240 g/mol. The van der Waals surface area contributed by atoms with E-state index >= 15 is 0 Å². The van der Waals surface area contributed by atoms with Gasteiger partial charge in [0.2, 0.25) is 15.9 Å². The van der Waals surface area contributed by atoms with Crippen molar-refractivity contribution < 1.29 is 13.2 Å². The van der Waals surface area contributed by atoms with Gasteiger partial charge in [0.05, 0.1) is 6.26 Å². The van der Waals surface area contributed by atoms with Gasteiger partial charge in [-0.2, -0.15) is 4.31 Å². The minimum atomic E-state index is -3.13. The number of carbonyl (C=O) groups is 1. The molecule has 1 amide bonds. The molecule has 2 bridgehead atoms. The van der Waals surface area contributed by atoms with E-state index in [9.17, 15) is 13.2 Å². The Morgan fingerprint density at radius 1 is 1.24 bits per heavy atom. The zero-order chi connectivity index (χ0) is 12.8. The van der Waals surface area contributed by atoms with Crippen LogP contribution < -0.4 is 0 Å². The van der Waals surface area contributed by atoms with Crippen molar-refractivity contribution in [1.29, 1.82) is 0 Å². The van der Waals surface area contributed by atoms with Gasteiger partial charge in [-0.25, -0.2) is 8.42 Å². The molecule has 6 heteroatoms. The van der Waals surface area contributed by atoms with Gasteiger partial charge in [0, 0.05) is 31.6 Å². The zero-order valence-electron chi connectivity index (χ0n) is 10.6. The molecule has 2 atom stereocenters. The van der Waals surface area contributed by atoms with Crippen LogP contribution in [0.1, 0.15) is 20.3 Å². The maximum absolute atomic E-state index is 12.0. The van der Waals surface area contributed by atoms with Crippen molar-refractivity contribution in [3.8, 4) is 0 Å². The van der Waals surface area contributed by atoms with E-state index < -0.39 is 10.0 Å². The Bertz CT molecular complexity index is 418. The van der Waals surface area contributed by atoms with E-state index in [1.165, 1.54) is 10.6 Å². The van der Waals surface area contributed by atoms with Gasteiger partial charge in [0.1, 0.15) is 0 Å². The largest absolute Gasteiger partial charge is 0.338 e. The van der Waals surface area contributed by atoms with Gasteiger partial charge >= 0.3 is 0 Å². The van der Waals surface area contributed by atoms with Gasteiger partial charge in [0.15, 0.2) is 0 Å². The van der Waals surface area contributed by atoms with E-state index in [1.54, 1.807) is 0 Å². The molecule has 5 nitrogen and oxygen atoms in total. The average Bonchev–Trinajstić information content (AvgIpc) is 2.50. The van der Waals surface area contributed by atoms with E-state index in [0.717, 1.165) is 6.42 Å². The first kappa shape index (κ1) is 12.8. The Labute approximate surface area is 103 Å². The smallest absolute Gasteiger partial charge is 0.225 e. The van der Waals surface area contributed by atoms with E-state index in [0.29, 0.717) is 25.6 Å². The number of fused-ring (bicyclic) bond motifs is 2. The van der Waals surface area contributed by atoms with Gasteiger partial charge in [-0.15, -0.1) is 0 Å². The van der Waals surface area contributed by atoms with E-state index in [1.807, 2.05) is 18.7 Å². The summed E-state index contributed by atoms with van der Waals surface area (Å²) in [6, 6.07) is 0.0818. The SMILES string of the molecule is CC(C)C(=O)N1CC2CC1CN(S(C)(=O)=O)C2. The number of nitrogens with zero attached hydrogens (tertiary/aromatic N) is 2. The molecule has 2 heterocycles. The highest BCUT2D eigenvalue weighted by Crippen LogP contribution is 2.31. The average molecular weight is 260 g/mol. The first-order chi connectivity index (χ1) is 7.79. The molecule has 2 aliphatic rings. The number of sulfonamides is 1. The van der Waals surface area contributed by atoms with Gasteiger partial charge in [-0.1, -0.05) is 13.8 Å². The number of hydrogen-bond acceptors (Lipinski definition) is 3. The lowest BCUT2D eigenvalue weighted by Gasteiger charge is -2.31. The first-order valence-electron chi connectivity index (χ1n) is 6.04. The summed E-state index contributed by atoms with van der Waals surface area (Å²) in [6.07, 6.45) is 2.19. The summed E-state index contributed by atoms with van der Waals surface area (Å²) in [7, 11) is -3.13. The van der Waals surface area contributed by atoms with Crippen molar-refractivity contribution >= 4 is 15.9 Å². The summed E-state index contributed by atoms with van der Waals surface area (Å²) in [5, 5.41) is 0. The van der Waals surface area contributed by atoms with Crippen molar-refractivity contribution in [3.63, 3.8) is 0 Å². The fraction of sp³-hybridized carbons (Fsp3) is 0.909. The Balaban J connectivity index is 2.13. The minimum Gasteiger partial charge on any atom is -0.338 e. The number of likely N-dealkylation sites (tertiary alicyclic amines) is 1. The van der Waals surface area contributed by atoms with Crippen LogP contribution in [0.3, 0.4) is 0 Å². The molecule has 0 aromatic heterocycles. The Morgan fingerprint density at radius 2 is 1.88 bits per heavy atom. The van der Waals surface area contributed by atoms with Crippen LogP contribution in [-0.4, -0.2) is 55.5 Å². The van der Waals surface area contributed by atoms with Crippen LogP contribution in [0.5, 0.6) is 0 Å². The van der Waals surface area contributed by atoms with Crippen LogP contribution in [0.15, 0.2) is 0 Å². The Morgan fingerprint density at radius 3 is 2.41 bits per heavy atom. The Kier molecular flexibility index (Phi) is 3.20. The molecule has 17 heavy (non-hydrogen) atoms. The molecule has 2 aliphatic heterocycles. The van der Waals surface area contributed by atoms with Crippen molar-refractivity contribution in [2.75, 3.05) is 25.9 Å². The summed E-state index contributed by atoms with van der Waals surface area (Å²) in [4.78, 5) is 13.9. The second-order valence-corrected chi connectivity index (χ2v) is 7.46. The van der Waals surface area contributed by atoms with Crippen LogP contribution in [-0.2, 0) is 14.8 Å². The van der Waals surface area contributed by atoms with Gasteiger partial charge in [-0.05, 0) is 12.3 Å². The van der Waals surface area contributed by atoms with Gasteiger partial charge < -0.3 is 4.90 Å². The van der Waals surface area contributed by atoms with Crippen LogP contribution in [0.25, 0.3) is 0 Å². The van der Waals surface area contributed by atoms with E-state index in [2.05, 4.69) is 0 Å². The summed E-state index contributed by atoms with van der Waals surface area (Å²) < 4.78 is 24.6. The topological polar surface area (TPSA) is 57.7 Å². The second kappa shape index (κ2) is 4.24. The molecule has 2 fully saturated rings. The second-order valence-electron chi connectivity index (χ2n) is 5.48. The van der Waals surface area contributed by atoms with E-state index in [4.69, 9.17) is 0 Å². The number of piperidine rings is 1. The van der Waals surface area contributed by atoms with Crippen LogP contribution >= 0.6 is 0 Å². The molecule has 0 saturated carbocycles. The summed E-state index contributed by atoms with van der Waals surface area (Å²) in [5.41, 5.74) is 0. The van der Waals surface area contributed by atoms with Crippen molar-refractivity contribution in [3.05, 3.63) is 0 Å². The van der Waals surface area contributed by atoms with Gasteiger partial charge in [0.25, 0.3) is 0 Å². The fourth-order valence-electron chi connectivity index (χ4n) is 2.79. The highest BCUT2D eigenvalue weighted by molar-refractivity contribution is 7.88. The quantitative estimate of drug-likeness (QED) is 0.709. The monoisotopic (exact) mass is 260 g/mol. The third kappa shape index (κ3) is 2.47. The highest BCUT2D eigenvalue weighted by Gasteiger charge is 2.43. The van der Waals surface area contributed by atoms with Crippen molar-refractivity contribution in [1.82, 2.24) is 9.21 Å². The van der Waals surface area contributed by atoms with Crippen LogP contribution in [0, 0.1) is 11.8 Å². The predicted octanol–water partition coefficient (Wildman–Crippen LogP) is 0.135. The first-order valence-corrected chi connectivity index (χ1v) is 7.89. The predicted molar refractivity (Wildman–Crippen MR) is 64.9 cm³/mol. The molecule has 0 N–H and O–H groups in total. The molecular formula is C11H20N2O3S. The molecule has 2 unspecified atom stereocenters. The lowest BCUT2D eigenvalue weighted by molar-refractivity contribution is -0.135. The fourth-order valence-corrected chi connectivity index (χ4v) is 3.71. The van der Waals surface area contributed by atoms with Crippen LogP contribution in [0.4, 0.5) is 0 Å². The molecule has 2 rings (SSSR count). The maximum Gasteiger partial charge on any atom is 0.225 e. The van der Waals surface area contributed by atoms with Gasteiger partial charge in [-0.3, -0.25) is 4.79 Å². The molecule has 2 saturated heterocycles. The molecule has 0 aliphatic carbocycles. The van der Waals surface area contributed by atoms with Crippen molar-refractivity contribution in [2.45, 2.75) is 26.3 Å². The number of amides is 1.